The summed E-state index contributed by atoms with van der Waals surface area (Å²) in [5.41, 5.74) is 9.19. The molecule has 0 unspecified atom stereocenters. The minimum Gasteiger partial charge on any atom is -0.493 e. The monoisotopic (exact) mass is 503 g/mol. The van der Waals surface area contributed by atoms with Gasteiger partial charge >= 0.3 is 0 Å². The lowest BCUT2D eigenvalue weighted by atomic mass is 9.86. The predicted octanol–water partition coefficient (Wildman–Crippen LogP) is 9.21. The summed E-state index contributed by atoms with van der Waals surface area (Å²) in [6, 6.07) is 21.4. The van der Waals surface area contributed by atoms with Gasteiger partial charge in [-0.05, 0) is 35.9 Å². The lowest BCUT2D eigenvalue weighted by Crippen LogP contribution is -2.20. The van der Waals surface area contributed by atoms with Crippen molar-refractivity contribution in [1.29, 1.82) is 0 Å². The lowest BCUT2D eigenvalue weighted by molar-refractivity contribution is 0.0852. The minimum atomic E-state index is -0.424. The molecule has 0 bridgehead atoms. The van der Waals surface area contributed by atoms with Crippen molar-refractivity contribution < 1.29 is 19.1 Å². The lowest BCUT2D eigenvalue weighted by Gasteiger charge is -2.18. The van der Waals surface area contributed by atoms with Gasteiger partial charge in [-0.1, -0.05) is 96.5 Å². The molecule has 0 atom stereocenters. The van der Waals surface area contributed by atoms with E-state index in [1.54, 1.807) is 49.6 Å². The van der Waals surface area contributed by atoms with Crippen LogP contribution in [0.3, 0.4) is 0 Å². The first-order chi connectivity index (χ1) is 16.9. The number of azide groups is 1. The molecule has 0 spiro atoms. The number of hydrogen-bond acceptors (Lipinski definition) is 5. The van der Waals surface area contributed by atoms with E-state index in [0.717, 1.165) is 5.75 Å². The van der Waals surface area contributed by atoms with E-state index in [0.29, 0.717) is 28.3 Å². The van der Waals surface area contributed by atoms with Crippen LogP contribution in [0, 0.1) is 10.8 Å². The zero-order valence-corrected chi connectivity index (χ0v) is 21.9. The average Bonchev–Trinajstić information content (AvgIpc) is 2.84. The number of Topliss-reactive ketones (excluding diaryl/α,β-unsaturated/α-hetero) is 2. The summed E-state index contributed by atoms with van der Waals surface area (Å²) >= 11 is 0. The second-order valence-corrected chi connectivity index (χ2v) is 10.2. The van der Waals surface area contributed by atoms with Crippen LogP contribution in [-0.2, 0) is 0 Å². The quantitative estimate of drug-likeness (QED) is 0.145. The molecule has 3 aromatic rings. The topological polar surface area (TPSA) is 101 Å². The molecule has 196 valence electrons. The van der Waals surface area contributed by atoms with Crippen LogP contribution in [0.25, 0.3) is 10.4 Å². The number of carbonyl (C=O) groups excluding carboxylic acids is 2. The summed E-state index contributed by atoms with van der Waals surface area (Å²) in [4.78, 5) is 26.8. The fourth-order valence-corrected chi connectivity index (χ4v) is 3.11. The highest BCUT2D eigenvalue weighted by molar-refractivity contribution is 6.00. The second-order valence-electron chi connectivity index (χ2n) is 10.2. The maximum atomic E-state index is 12.3. The first-order valence-corrected chi connectivity index (χ1v) is 11.5. The molecule has 0 radical (unpaired) electrons. The highest BCUT2D eigenvalue weighted by Gasteiger charge is 2.24. The Bertz CT molecular complexity index is 1230. The van der Waals surface area contributed by atoms with Gasteiger partial charge in [-0.25, -0.2) is 0 Å². The molecule has 0 amide bonds. The zero-order chi connectivity index (χ0) is 26.9. The number of benzene rings is 3. The van der Waals surface area contributed by atoms with Crippen LogP contribution in [0.2, 0.25) is 0 Å². The van der Waals surface area contributed by atoms with Gasteiger partial charge in [0.15, 0.2) is 23.1 Å². The maximum Gasteiger partial charge on any atom is 0.169 e. The van der Waals surface area contributed by atoms with Crippen molar-refractivity contribution in [3.63, 3.8) is 0 Å². The van der Waals surface area contributed by atoms with Crippen molar-refractivity contribution in [1.82, 2.24) is 0 Å². The molecule has 0 aliphatic rings. The van der Waals surface area contributed by atoms with Crippen LogP contribution in [-0.4, -0.2) is 18.7 Å². The summed E-state index contributed by atoms with van der Waals surface area (Å²) in [7, 11) is 1.57. The molecule has 0 fully saturated rings. The Balaban J connectivity index is 0.000000381. The molecule has 0 heterocycles. The van der Waals surface area contributed by atoms with Crippen molar-refractivity contribution in [3.05, 3.63) is 94.4 Å². The number of nitrogens with zero attached hydrogens (tertiary/aromatic N) is 3. The molecular formula is C30H37N3O4. The third kappa shape index (κ3) is 9.13. The van der Waals surface area contributed by atoms with E-state index >= 15 is 0 Å². The van der Waals surface area contributed by atoms with Gasteiger partial charge in [0.25, 0.3) is 0 Å². The Hall–Kier alpha value is -4.09. The standard InChI is InChI=1S/C18H20O3.C11H13N3O.CH4/c1-18(2,3)17(19)13-10-11-15(16(12-13)20-4)21-14-8-6-5-7-9-14;1-11(2,3)10(15)8-4-6-9(7-5-8)13-14-12;/h5-12H,1-4H3;4-7H,1-3H3;1H4. The molecule has 3 aromatic carbocycles. The van der Waals surface area contributed by atoms with Gasteiger partial charge in [-0.15, -0.1) is 0 Å². The van der Waals surface area contributed by atoms with Crippen LogP contribution in [0.5, 0.6) is 17.2 Å². The number of para-hydroxylation sites is 1. The largest absolute Gasteiger partial charge is 0.493 e. The van der Waals surface area contributed by atoms with Crippen LogP contribution in [0.15, 0.2) is 77.9 Å². The Morgan fingerprint density at radius 3 is 1.76 bits per heavy atom. The maximum absolute atomic E-state index is 12.3. The molecule has 7 heteroatoms. The number of ether oxygens (including phenoxy) is 2. The Kier molecular flexibility index (Phi) is 11.1. The van der Waals surface area contributed by atoms with Crippen molar-refractivity contribution >= 4 is 17.3 Å². The van der Waals surface area contributed by atoms with Crippen LogP contribution in [0.1, 0.15) is 69.7 Å². The van der Waals surface area contributed by atoms with E-state index in [2.05, 4.69) is 10.0 Å². The molecule has 0 N–H and O–H groups in total. The normalized spacial score (nSPS) is 10.6. The van der Waals surface area contributed by atoms with E-state index in [9.17, 15) is 9.59 Å². The highest BCUT2D eigenvalue weighted by Crippen LogP contribution is 2.34. The van der Waals surface area contributed by atoms with E-state index in [-0.39, 0.29) is 24.4 Å². The summed E-state index contributed by atoms with van der Waals surface area (Å²) in [6.45, 7) is 11.3. The molecule has 37 heavy (non-hydrogen) atoms. The molecule has 0 saturated heterocycles. The second kappa shape index (κ2) is 13.3. The smallest absolute Gasteiger partial charge is 0.169 e. The van der Waals surface area contributed by atoms with Gasteiger partial charge in [0.05, 0.1) is 7.11 Å². The number of carbonyl (C=O) groups is 2. The molecule has 0 aliphatic heterocycles. The fraction of sp³-hybridized carbons (Fsp3) is 0.333. The van der Waals surface area contributed by atoms with Gasteiger partial charge in [0.1, 0.15) is 5.75 Å². The summed E-state index contributed by atoms with van der Waals surface area (Å²) < 4.78 is 11.1. The molecular weight excluding hydrogens is 466 g/mol. The Morgan fingerprint density at radius 2 is 1.27 bits per heavy atom. The molecule has 0 aromatic heterocycles. The Morgan fingerprint density at radius 1 is 0.757 bits per heavy atom. The van der Waals surface area contributed by atoms with Gasteiger partial charge in [0, 0.05) is 32.6 Å². The van der Waals surface area contributed by atoms with Crippen molar-refractivity contribution in [2.75, 3.05) is 7.11 Å². The van der Waals surface area contributed by atoms with E-state index in [1.165, 1.54) is 0 Å². The zero-order valence-electron chi connectivity index (χ0n) is 21.9. The molecule has 0 aliphatic carbocycles. The third-order valence-corrected chi connectivity index (χ3v) is 5.05. The Labute approximate surface area is 220 Å². The summed E-state index contributed by atoms with van der Waals surface area (Å²) in [6.07, 6.45) is 0. The molecule has 7 nitrogen and oxygen atoms in total. The first-order valence-electron chi connectivity index (χ1n) is 11.5. The first kappa shape index (κ1) is 30.9. The number of rotatable bonds is 6. The minimum absolute atomic E-state index is 0. The van der Waals surface area contributed by atoms with Gasteiger partial charge in [-0.3, -0.25) is 9.59 Å². The summed E-state index contributed by atoms with van der Waals surface area (Å²) in [5, 5.41) is 3.44. The SMILES string of the molecule is C.CC(C)(C)C(=O)c1ccc(N=[N+]=[N-])cc1.COc1cc(C(=O)C(C)(C)C)ccc1Oc1ccccc1. The average molecular weight is 504 g/mol. The van der Waals surface area contributed by atoms with Crippen LogP contribution < -0.4 is 9.47 Å². The highest BCUT2D eigenvalue weighted by atomic mass is 16.5. The van der Waals surface area contributed by atoms with Gasteiger partial charge in [0.2, 0.25) is 0 Å². The fourth-order valence-electron chi connectivity index (χ4n) is 3.11. The van der Waals surface area contributed by atoms with Gasteiger partial charge < -0.3 is 9.47 Å². The van der Waals surface area contributed by atoms with Gasteiger partial charge in [-0.2, -0.15) is 0 Å². The van der Waals surface area contributed by atoms with E-state index in [4.69, 9.17) is 15.0 Å². The number of ketones is 2. The summed E-state index contributed by atoms with van der Waals surface area (Å²) in [5.74, 6) is 2.02. The predicted molar refractivity (Wildman–Crippen MR) is 149 cm³/mol. The third-order valence-electron chi connectivity index (χ3n) is 5.05. The molecule has 0 saturated carbocycles. The number of hydrogen-bond donors (Lipinski definition) is 0. The van der Waals surface area contributed by atoms with Crippen molar-refractivity contribution in [3.8, 4) is 17.2 Å². The molecule has 3 rings (SSSR count). The van der Waals surface area contributed by atoms with Crippen LogP contribution >= 0.6 is 0 Å². The van der Waals surface area contributed by atoms with Crippen molar-refractivity contribution in [2.45, 2.75) is 49.0 Å². The number of methoxy groups -OCH3 is 1. The van der Waals surface area contributed by atoms with Crippen molar-refractivity contribution in [2.24, 2.45) is 15.9 Å². The van der Waals surface area contributed by atoms with E-state index < -0.39 is 5.41 Å². The van der Waals surface area contributed by atoms with E-state index in [1.807, 2.05) is 71.9 Å². The van der Waals surface area contributed by atoms with Crippen LogP contribution in [0.4, 0.5) is 5.69 Å².